The number of nitrogens with zero attached hydrogens (tertiary/aromatic N) is 3. The summed E-state index contributed by atoms with van der Waals surface area (Å²) in [5, 5.41) is 8.74. The number of nitrogen functional groups attached to an aromatic ring is 1. The first kappa shape index (κ1) is 18.0. The molecule has 0 amide bonds. The van der Waals surface area contributed by atoms with E-state index in [-0.39, 0.29) is 16.5 Å². The summed E-state index contributed by atoms with van der Waals surface area (Å²) in [5.74, 6) is 0.367. The van der Waals surface area contributed by atoms with Crippen molar-refractivity contribution in [3.63, 3.8) is 0 Å². The lowest BCUT2D eigenvalue weighted by Crippen LogP contribution is -2.29. The molecule has 0 saturated carbocycles. The number of hydrogen-bond acceptors (Lipinski definition) is 7. The average Bonchev–Trinajstić information content (AvgIpc) is 3.27. The molecule has 0 bridgehead atoms. The van der Waals surface area contributed by atoms with E-state index in [1.54, 1.807) is 6.07 Å². The van der Waals surface area contributed by atoms with Gasteiger partial charge in [0.05, 0.1) is 15.6 Å². The van der Waals surface area contributed by atoms with Gasteiger partial charge in [0.2, 0.25) is 5.13 Å². The molecule has 7 nitrogen and oxygen atoms in total. The fourth-order valence-corrected chi connectivity index (χ4v) is 5.26. The lowest BCUT2D eigenvalue weighted by Gasteiger charge is -2.20. The molecule has 0 fully saturated rings. The Kier molecular flexibility index (Phi) is 4.67. The Balaban J connectivity index is 1.56. The maximum absolute atomic E-state index is 13.0. The van der Waals surface area contributed by atoms with Crippen LogP contribution >= 0.6 is 22.9 Å². The molecule has 3 aromatic rings. The summed E-state index contributed by atoms with van der Waals surface area (Å²) in [6, 6.07) is 11.9. The zero-order valence-electron chi connectivity index (χ0n) is 14.0. The maximum Gasteiger partial charge on any atom is 0.264 e. The fraction of sp³-hybridized carbons (Fsp3) is 0.176. The molecule has 0 aliphatic carbocycles. The number of benzene rings is 2. The summed E-state index contributed by atoms with van der Waals surface area (Å²) in [6.07, 6.45) is 0.690. The van der Waals surface area contributed by atoms with Gasteiger partial charge in [0.1, 0.15) is 12.4 Å². The maximum atomic E-state index is 13.0. The van der Waals surface area contributed by atoms with Crippen LogP contribution in [0, 0.1) is 0 Å². The molecule has 2 heterocycles. The molecule has 4 rings (SSSR count). The van der Waals surface area contributed by atoms with Gasteiger partial charge in [-0.25, -0.2) is 8.42 Å². The van der Waals surface area contributed by atoms with Crippen molar-refractivity contribution in [2.24, 2.45) is 0 Å². The molecule has 0 unspecified atom stereocenters. The van der Waals surface area contributed by atoms with Gasteiger partial charge in [0, 0.05) is 6.54 Å². The molecule has 10 heteroatoms. The summed E-state index contributed by atoms with van der Waals surface area (Å²) in [7, 11) is -3.70. The second kappa shape index (κ2) is 6.99. The summed E-state index contributed by atoms with van der Waals surface area (Å²) in [4.78, 5) is 0.122. The second-order valence-electron chi connectivity index (χ2n) is 5.87. The van der Waals surface area contributed by atoms with E-state index in [0.29, 0.717) is 34.5 Å². The van der Waals surface area contributed by atoms with Gasteiger partial charge in [0.15, 0.2) is 5.01 Å². The third kappa shape index (κ3) is 3.45. The molecule has 1 aliphatic rings. The van der Waals surface area contributed by atoms with E-state index in [0.717, 1.165) is 5.56 Å². The first-order valence-electron chi connectivity index (χ1n) is 8.06. The number of anilines is 2. The topological polar surface area (TPSA) is 98.4 Å². The van der Waals surface area contributed by atoms with E-state index < -0.39 is 10.0 Å². The number of aromatic nitrogens is 2. The predicted octanol–water partition coefficient (Wildman–Crippen LogP) is 3.10. The highest BCUT2D eigenvalue weighted by Crippen LogP contribution is 2.35. The summed E-state index contributed by atoms with van der Waals surface area (Å²) in [5.41, 5.74) is 7.26. The molecule has 0 spiro atoms. The summed E-state index contributed by atoms with van der Waals surface area (Å²) < 4.78 is 33.1. The molecular weight excluding hydrogens is 408 g/mol. The van der Waals surface area contributed by atoms with E-state index in [1.807, 2.05) is 24.3 Å². The highest BCUT2D eigenvalue weighted by atomic mass is 35.5. The molecule has 0 radical (unpaired) electrons. The van der Waals surface area contributed by atoms with Gasteiger partial charge in [-0.05, 0) is 36.2 Å². The minimum Gasteiger partial charge on any atom is -0.485 e. The van der Waals surface area contributed by atoms with Crippen LogP contribution in [-0.2, 0) is 23.1 Å². The van der Waals surface area contributed by atoms with Gasteiger partial charge in [0.25, 0.3) is 10.0 Å². The van der Waals surface area contributed by atoms with Crippen LogP contribution in [0.3, 0.4) is 0 Å². The van der Waals surface area contributed by atoms with Crippen molar-refractivity contribution in [1.29, 1.82) is 0 Å². The number of ether oxygens (including phenoxy) is 1. The normalized spacial score (nSPS) is 13.6. The lowest BCUT2D eigenvalue weighted by atomic mass is 10.2. The number of sulfonamides is 1. The van der Waals surface area contributed by atoms with Crippen molar-refractivity contribution < 1.29 is 13.2 Å². The Bertz CT molecular complexity index is 1100. The Hall–Kier alpha value is -2.36. The largest absolute Gasteiger partial charge is 0.485 e. The Morgan fingerprint density at radius 1 is 1.22 bits per heavy atom. The van der Waals surface area contributed by atoms with Gasteiger partial charge in [-0.3, -0.25) is 4.31 Å². The molecule has 1 aromatic heterocycles. The highest BCUT2D eigenvalue weighted by Gasteiger charge is 2.31. The first-order chi connectivity index (χ1) is 12.9. The van der Waals surface area contributed by atoms with Gasteiger partial charge < -0.3 is 10.5 Å². The Morgan fingerprint density at radius 3 is 2.78 bits per heavy atom. The molecule has 2 N–H and O–H groups in total. The van der Waals surface area contributed by atoms with E-state index >= 15 is 0 Å². The van der Waals surface area contributed by atoms with Crippen LogP contribution in [-0.4, -0.2) is 25.2 Å². The van der Waals surface area contributed by atoms with Crippen LogP contribution in [0.15, 0.2) is 47.4 Å². The molecule has 0 atom stereocenters. The summed E-state index contributed by atoms with van der Waals surface area (Å²) in [6.45, 7) is 0.566. The SMILES string of the molecule is Nc1nnc(COc2ccc(S(=O)(=O)N3CCc4ccccc43)cc2Cl)s1. The van der Waals surface area contributed by atoms with Gasteiger partial charge in [-0.2, -0.15) is 0 Å². The van der Waals surface area contributed by atoms with E-state index in [9.17, 15) is 8.42 Å². The van der Waals surface area contributed by atoms with Crippen LogP contribution in [0.1, 0.15) is 10.6 Å². The minimum atomic E-state index is -3.70. The Morgan fingerprint density at radius 2 is 2.04 bits per heavy atom. The molecule has 1 aliphatic heterocycles. The van der Waals surface area contributed by atoms with Crippen molar-refractivity contribution in [2.75, 3.05) is 16.6 Å². The van der Waals surface area contributed by atoms with Crippen LogP contribution in [0.25, 0.3) is 0 Å². The number of halogens is 1. The number of fused-ring (bicyclic) bond motifs is 1. The summed E-state index contributed by atoms with van der Waals surface area (Å²) >= 11 is 7.46. The van der Waals surface area contributed by atoms with Crippen LogP contribution < -0.4 is 14.8 Å². The lowest BCUT2D eigenvalue weighted by molar-refractivity contribution is 0.304. The van der Waals surface area contributed by atoms with Crippen molar-refractivity contribution >= 4 is 43.8 Å². The number of para-hydroxylation sites is 1. The third-order valence-corrected chi connectivity index (χ3v) is 7.00. The van der Waals surface area contributed by atoms with E-state index in [4.69, 9.17) is 22.1 Å². The predicted molar refractivity (Wildman–Crippen MR) is 105 cm³/mol. The number of rotatable bonds is 5. The van der Waals surface area contributed by atoms with Crippen LogP contribution in [0.5, 0.6) is 5.75 Å². The van der Waals surface area contributed by atoms with Gasteiger partial charge >= 0.3 is 0 Å². The van der Waals surface area contributed by atoms with Crippen molar-refractivity contribution in [3.05, 3.63) is 58.1 Å². The average molecular weight is 423 g/mol. The van der Waals surface area contributed by atoms with Crippen molar-refractivity contribution in [3.8, 4) is 5.75 Å². The third-order valence-electron chi connectivity index (χ3n) is 4.17. The molecule has 27 heavy (non-hydrogen) atoms. The van der Waals surface area contributed by atoms with Crippen molar-refractivity contribution in [2.45, 2.75) is 17.9 Å². The van der Waals surface area contributed by atoms with Crippen LogP contribution in [0.2, 0.25) is 5.02 Å². The standard InChI is InChI=1S/C17H15ClN4O3S2/c18-13-9-12(5-6-15(13)25-10-16-20-21-17(19)26-16)27(23,24)22-8-7-11-3-1-2-4-14(11)22/h1-6,9H,7-8,10H2,(H2,19,21). The van der Waals surface area contributed by atoms with Crippen LogP contribution in [0.4, 0.5) is 10.8 Å². The first-order valence-corrected chi connectivity index (χ1v) is 10.7. The minimum absolute atomic E-state index is 0.122. The monoisotopic (exact) mass is 422 g/mol. The molecule has 2 aromatic carbocycles. The zero-order chi connectivity index (χ0) is 19.0. The van der Waals surface area contributed by atoms with Gasteiger partial charge in [-0.1, -0.05) is 41.1 Å². The number of hydrogen-bond donors (Lipinski definition) is 1. The molecular formula is C17H15ClN4O3S2. The second-order valence-corrected chi connectivity index (χ2v) is 9.23. The van der Waals surface area contributed by atoms with E-state index in [1.165, 1.54) is 27.8 Å². The smallest absolute Gasteiger partial charge is 0.264 e. The fourth-order valence-electron chi connectivity index (χ4n) is 2.91. The Labute approximate surface area is 165 Å². The zero-order valence-corrected chi connectivity index (χ0v) is 16.4. The quantitative estimate of drug-likeness (QED) is 0.678. The highest BCUT2D eigenvalue weighted by molar-refractivity contribution is 7.92. The van der Waals surface area contributed by atoms with E-state index in [2.05, 4.69) is 10.2 Å². The van der Waals surface area contributed by atoms with Crippen molar-refractivity contribution in [1.82, 2.24) is 10.2 Å². The number of nitrogens with two attached hydrogens (primary N) is 1. The van der Waals surface area contributed by atoms with Gasteiger partial charge in [-0.15, -0.1) is 10.2 Å². The molecule has 0 saturated heterocycles. The molecule has 140 valence electrons.